The molecule has 2 aromatic rings. The Balaban J connectivity index is 1.20. The lowest BCUT2D eigenvalue weighted by Crippen LogP contribution is -2.46. The van der Waals surface area contributed by atoms with Crippen LogP contribution < -0.4 is 10.2 Å². The molecule has 5 heteroatoms. The van der Waals surface area contributed by atoms with Gasteiger partial charge in [0, 0.05) is 38.1 Å². The highest BCUT2D eigenvalue weighted by atomic mass is 16.2. The Morgan fingerprint density at radius 3 is 2.55 bits per heavy atom. The van der Waals surface area contributed by atoms with Crippen molar-refractivity contribution in [2.75, 3.05) is 42.9 Å². The monoisotopic (exact) mass is 392 g/mol. The van der Waals surface area contributed by atoms with E-state index in [-0.39, 0.29) is 11.3 Å². The zero-order valence-corrected chi connectivity index (χ0v) is 17.4. The lowest BCUT2D eigenvalue weighted by atomic mass is 9.75. The highest BCUT2D eigenvalue weighted by Crippen LogP contribution is 2.43. The van der Waals surface area contributed by atoms with Crippen LogP contribution in [0.1, 0.15) is 44.6 Å². The molecule has 2 aliphatic rings. The number of nitrogens with zero attached hydrogens (tertiary/aromatic N) is 3. The number of fused-ring (bicyclic) bond motifs is 1. The molecule has 1 fully saturated rings. The maximum absolute atomic E-state index is 12.7. The van der Waals surface area contributed by atoms with E-state index in [0.717, 1.165) is 63.5 Å². The van der Waals surface area contributed by atoms with Crippen LogP contribution >= 0.6 is 0 Å². The number of nitrogens with one attached hydrogen (secondary N) is 1. The number of carbonyl (C=O) groups is 1. The van der Waals surface area contributed by atoms with Crippen molar-refractivity contribution >= 4 is 17.4 Å². The minimum atomic E-state index is -0.328. The first kappa shape index (κ1) is 19.9. The molecular formula is C24H32N4O. The molecule has 4 rings (SSSR count). The molecule has 1 atom stereocenters. The van der Waals surface area contributed by atoms with Crippen LogP contribution in [0.25, 0.3) is 0 Å². The van der Waals surface area contributed by atoms with Gasteiger partial charge in [-0.1, -0.05) is 44.0 Å². The summed E-state index contributed by atoms with van der Waals surface area (Å²) in [7, 11) is 0. The molecule has 1 unspecified atom stereocenters. The topological polar surface area (TPSA) is 48.5 Å². The fourth-order valence-corrected chi connectivity index (χ4v) is 4.83. The van der Waals surface area contributed by atoms with E-state index in [0.29, 0.717) is 0 Å². The number of unbranched alkanes of at least 4 members (excludes halogenated alkanes) is 2. The van der Waals surface area contributed by atoms with Crippen LogP contribution in [0.2, 0.25) is 0 Å². The normalized spacial score (nSPS) is 21.8. The molecule has 0 aliphatic carbocycles. The number of para-hydroxylation sites is 1. The molecule has 1 aromatic heterocycles. The van der Waals surface area contributed by atoms with Gasteiger partial charge in [-0.3, -0.25) is 9.69 Å². The second-order valence-electron chi connectivity index (χ2n) is 8.26. The Kier molecular flexibility index (Phi) is 6.14. The summed E-state index contributed by atoms with van der Waals surface area (Å²) in [5.74, 6) is 1.28. The molecule has 1 N–H and O–H groups in total. The van der Waals surface area contributed by atoms with Crippen molar-refractivity contribution < 1.29 is 4.79 Å². The Labute approximate surface area is 174 Å². The largest absolute Gasteiger partial charge is 0.354 e. The van der Waals surface area contributed by atoms with Crippen molar-refractivity contribution in [3.8, 4) is 0 Å². The van der Waals surface area contributed by atoms with Gasteiger partial charge in [0.2, 0.25) is 5.91 Å². The summed E-state index contributed by atoms with van der Waals surface area (Å²) >= 11 is 0. The Bertz CT molecular complexity index is 817. The van der Waals surface area contributed by atoms with Crippen LogP contribution in [0.15, 0.2) is 48.7 Å². The minimum absolute atomic E-state index is 0.187. The zero-order chi connectivity index (χ0) is 20.1. The SMILES string of the molecule is CCC1(CCCCCN2CCN(c3ccccn3)CC2)C(=O)Nc2ccccc21. The highest BCUT2D eigenvalue weighted by Gasteiger charge is 2.44. The fraction of sp³-hybridized carbons (Fsp3) is 0.500. The molecule has 0 saturated carbocycles. The average Bonchev–Trinajstić information content (AvgIpc) is 3.06. The molecule has 5 nitrogen and oxygen atoms in total. The first-order valence-corrected chi connectivity index (χ1v) is 11.0. The Hall–Kier alpha value is -2.40. The van der Waals surface area contributed by atoms with Crippen LogP contribution in [-0.4, -0.2) is 48.5 Å². The molecule has 1 saturated heterocycles. The maximum Gasteiger partial charge on any atom is 0.235 e. The molecule has 1 aromatic carbocycles. The number of carbonyl (C=O) groups excluding carboxylic acids is 1. The predicted octanol–water partition coefficient (Wildman–Crippen LogP) is 4.06. The van der Waals surface area contributed by atoms with E-state index in [1.54, 1.807) is 0 Å². The van der Waals surface area contributed by atoms with Gasteiger partial charge in [-0.05, 0) is 49.6 Å². The smallest absolute Gasteiger partial charge is 0.235 e. The molecule has 0 spiro atoms. The standard InChI is InChI=1S/C24H32N4O/c1-2-24(20-10-4-5-11-21(20)26-23(24)29)13-7-3-9-15-27-16-18-28(19-17-27)22-12-6-8-14-25-22/h4-6,8,10-12,14H,2-3,7,9,13,15-19H2,1H3,(H,26,29). The zero-order valence-electron chi connectivity index (χ0n) is 17.4. The second-order valence-corrected chi connectivity index (χ2v) is 8.26. The van der Waals surface area contributed by atoms with Gasteiger partial charge in [0.15, 0.2) is 0 Å². The summed E-state index contributed by atoms with van der Waals surface area (Å²) in [6, 6.07) is 14.3. The molecule has 1 amide bonds. The molecule has 3 heterocycles. The van der Waals surface area contributed by atoms with E-state index in [1.165, 1.54) is 18.4 Å². The van der Waals surface area contributed by atoms with E-state index >= 15 is 0 Å². The van der Waals surface area contributed by atoms with Gasteiger partial charge in [-0.25, -0.2) is 4.98 Å². The molecular weight excluding hydrogens is 360 g/mol. The summed E-state index contributed by atoms with van der Waals surface area (Å²) in [4.78, 5) is 22.1. The van der Waals surface area contributed by atoms with Crippen molar-refractivity contribution in [2.45, 2.75) is 44.4 Å². The Morgan fingerprint density at radius 2 is 1.79 bits per heavy atom. The van der Waals surface area contributed by atoms with Crippen molar-refractivity contribution in [2.24, 2.45) is 0 Å². The highest BCUT2D eigenvalue weighted by molar-refractivity contribution is 6.06. The van der Waals surface area contributed by atoms with E-state index in [2.05, 4.69) is 45.2 Å². The van der Waals surface area contributed by atoms with Gasteiger partial charge in [-0.2, -0.15) is 0 Å². The van der Waals surface area contributed by atoms with Crippen LogP contribution in [0.3, 0.4) is 0 Å². The lowest BCUT2D eigenvalue weighted by molar-refractivity contribution is -0.121. The Morgan fingerprint density at radius 1 is 1.00 bits per heavy atom. The summed E-state index contributed by atoms with van der Waals surface area (Å²) in [6.07, 6.45) is 7.16. The van der Waals surface area contributed by atoms with Crippen LogP contribution in [0, 0.1) is 0 Å². The average molecular weight is 393 g/mol. The minimum Gasteiger partial charge on any atom is -0.354 e. The fourth-order valence-electron chi connectivity index (χ4n) is 4.83. The first-order valence-electron chi connectivity index (χ1n) is 11.0. The maximum atomic E-state index is 12.7. The number of anilines is 2. The third-order valence-electron chi connectivity index (χ3n) is 6.65. The molecule has 154 valence electrons. The lowest BCUT2D eigenvalue weighted by Gasteiger charge is -2.35. The number of hydrogen-bond donors (Lipinski definition) is 1. The number of amides is 1. The van der Waals surface area contributed by atoms with Gasteiger partial charge < -0.3 is 10.2 Å². The summed E-state index contributed by atoms with van der Waals surface area (Å²) in [5, 5.41) is 3.09. The van der Waals surface area contributed by atoms with Crippen molar-refractivity contribution in [1.82, 2.24) is 9.88 Å². The van der Waals surface area contributed by atoms with Gasteiger partial charge in [0.25, 0.3) is 0 Å². The van der Waals surface area contributed by atoms with Crippen molar-refractivity contribution in [3.05, 3.63) is 54.2 Å². The molecule has 2 aliphatic heterocycles. The van der Waals surface area contributed by atoms with E-state index in [1.807, 2.05) is 30.5 Å². The third kappa shape index (κ3) is 4.15. The molecule has 0 bridgehead atoms. The number of hydrogen-bond acceptors (Lipinski definition) is 4. The van der Waals surface area contributed by atoms with Crippen LogP contribution in [0.5, 0.6) is 0 Å². The van der Waals surface area contributed by atoms with Gasteiger partial charge in [0.1, 0.15) is 5.82 Å². The summed E-state index contributed by atoms with van der Waals surface area (Å²) < 4.78 is 0. The number of aromatic nitrogens is 1. The van der Waals surface area contributed by atoms with E-state index < -0.39 is 0 Å². The summed E-state index contributed by atoms with van der Waals surface area (Å²) in [5.41, 5.74) is 1.87. The first-order chi connectivity index (χ1) is 14.2. The molecule has 29 heavy (non-hydrogen) atoms. The molecule has 0 radical (unpaired) electrons. The van der Waals surface area contributed by atoms with E-state index in [9.17, 15) is 4.79 Å². The van der Waals surface area contributed by atoms with Gasteiger partial charge in [-0.15, -0.1) is 0 Å². The van der Waals surface area contributed by atoms with Crippen LogP contribution in [-0.2, 0) is 10.2 Å². The number of piperazine rings is 1. The number of pyridine rings is 1. The quantitative estimate of drug-likeness (QED) is 0.688. The van der Waals surface area contributed by atoms with Crippen molar-refractivity contribution in [3.63, 3.8) is 0 Å². The van der Waals surface area contributed by atoms with Gasteiger partial charge in [0.05, 0.1) is 5.41 Å². The predicted molar refractivity (Wildman–Crippen MR) is 118 cm³/mol. The number of rotatable bonds is 8. The van der Waals surface area contributed by atoms with Crippen molar-refractivity contribution in [1.29, 1.82) is 0 Å². The van der Waals surface area contributed by atoms with Gasteiger partial charge >= 0.3 is 0 Å². The number of benzene rings is 1. The van der Waals surface area contributed by atoms with Crippen LogP contribution in [0.4, 0.5) is 11.5 Å². The summed E-state index contributed by atoms with van der Waals surface area (Å²) in [6.45, 7) is 7.59. The van der Waals surface area contributed by atoms with E-state index in [4.69, 9.17) is 0 Å². The third-order valence-corrected chi connectivity index (χ3v) is 6.65. The second kappa shape index (κ2) is 8.95.